The molecule has 0 aliphatic carbocycles. The molecule has 0 saturated heterocycles. The molecule has 0 amide bonds. The Bertz CT molecular complexity index is 618. The molecule has 0 aromatic heterocycles. The molecule has 0 atom stereocenters. The standard InChI is InChI=1S/C15H13Cl2NO/c1-9-5-6-14(18)11(7-9)15(19)8-10-12(16)3-2-4-13(10)17/h2-7H,8,18H2,1H3. The molecule has 19 heavy (non-hydrogen) atoms. The van der Waals surface area contributed by atoms with Gasteiger partial charge in [0.25, 0.3) is 0 Å². The summed E-state index contributed by atoms with van der Waals surface area (Å²) in [5.41, 5.74) is 8.44. The number of carbonyl (C=O) groups excluding carboxylic acids is 1. The van der Waals surface area contributed by atoms with Crippen LogP contribution in [0.15, 0.2) is 36.4 Å². The second-order valence-corrected chi connectivity index (χ2v) is 5.21. The molecule has 0 radical (unpaired) electrons. The van der Waals surface area contributed by atoms with E-state index in [1.807, 2.05) is 13.0 Å². The Hall–Kier alpha value is -1.51. The van der Waals surface area contributed by atoms with Crippen LogP contribution in [-0.4, -0.2) is 5.78 Å². The van der Waals surface area contributed by atoms with Crippen molar-refractivity contribution in [1.29, 1.82) is 0 Å². The summed E-state index contributed by atoms with van der Waals surface area (Å²) >= 11 is 12.1. The highest BCUT2D eigenvalue weighted by atomic mass is 35.5. The van der Waals surface area contributed by atoms with Gasteiger partial charge in [-0.1, -0.05) is 40.9 Å². The van der Waals surface area contributed by atoms with Crippen molar-refractivity contribution in [2.75, 3.05) is 5.73 Å². The molecule has 0 spiro atoms. The molecule has 2 N–H and O–H groups in total. The normalized spacial score (nSPS) is 10.5. The summed E-state index contributed by atoms with van der Waals surface area (Å²) in [5, 5.41) is 0.985. The zero-order chi connectivity index (χ0) is 14.0. The second kappa shape index (κ2) is 5.64. The van der Waals surface area contributed by atoms with Gasteiger partial charge in [-0.2, -0.15) is 0 Å². The number of anilines is 1. The maximum Gasteiger partial charge on any atom is 0.169 e. The molecule has 0 aliphatic heterocycles. The number of nitrogen functional groups attached to an aromatic ring is 1. The number of Topliss-reactive ketones (excluding diaryl/α,β-unsaturated/α-hetero) is 1. The lowest BCUT2D eigenvalue weighted by Gasteiger charge is -2.08. The lowest BCUT2D eigenvalue weighted by molar-refractivity contribution is 0.0994. The minimum atomic E-state index is -0.0869. The number of halogens is 2. The molecular weight excluding hydrogens is 281 g/mol. The molecule has 0 fully saturated rings. The topological polar surface area (TPSA) is 43.1 Å². The summed E-state index contributed by atoms with van der Waals surface area (Å²) in [6, 6.07) is 10.6. The predicted molar refractivity (Wildman–Crippen MR) is 80.1 cm³/mol. The van der Waals surface area contributed by atoms with Crippen molar-refractivity contribution >= 4 is 34.7 Å². The van der Waals surface area contributed by atoms with Crippen molar-refractivity contribution in [3.63, 3.8) is 0 Å². The van der Waals surface area contributed by atoms with E-state index in [-0.39, 0.29) is 12.2 Å². The molecule has 0 heterocycles. The number of hydrogen-bond acceptors (Lipinski definition) is 2. The first-order valence-electron chi connectivity index (χ1n) is 5.81. The SMILES string of the molecule is Cc1ccc(N)c(C(=O)Cc2c(Cl)cccc2Cl)c1. The van der Waals surface area contributed by atoms with Crippen molar-refractivity contribution in [2.45, 2.75) is 13.3 Å². The summed E-state index contributed by atoms with van der Waals surface area (Å²) < 4.78 is 0. The summed E-state index contributed by atoms with van der Waals surface area (Å²) in [7, 11) is 0. The quantitative estimate of drug-likeness (QED) is 0.677. The van der Waals surface area contributed by atoms with Gasteiger partial charge in [0.1, 0.15) is 0 Å². The van der Waals surface area contributed by atoms with Gasteiger partial charge in [0.15, 0.2) is 5.78 Å². The number of hydrogen-bond donors (Lipinski definition) is 1. The Morgan fingerprint density at radius 2 is 1.79 bits per heavy atom. The average molecular weight is 294 g/mol. The molecule has 2 nitrogen and oxygen atoms in total. The number of rotatable bonds is 3. The summed E-state index contributed by atoms with van der Waals surface area (Å²) in [6.07, 6.45) is 0.145. The fourth-order valence-corrected chi connectivity index (χ4v) is 2.40. The first kappa shape index (κ1) is 13.9. The minimum absolute atomic E-state index is 0.0869. The number of aryl methyl sites for hydroxylation is 1. The molecule has 4 heteroatoms. The smallest absolute Gasteiger partial charge is 0.169 e. The van der Waals surface area contributed by atoms with Gasteiger partial charge in [0.2, 0.25) is 0 Å². The van der Waals surface area contributed by atoms with Gasteiger partial charge in [-0.3, -0.25) is 4.79 Å². The summed E-state index contributed by atoms with van der Waals surface area (Å²) in [5.74, 6) is -0.0869. The molecule has 0 unspecified atom stereocenters. The van der Waals surface area contributed by atoms with E-state index in [0.29, 0.717) is 26.9 Å². The first-order valence-corrected chi connectivity index (χ1v) is 6.57. The largest absolute Gasteiger partial charge is 0.398 e. The summed E-state index contributed by atoms with van der Waals surface area (Å²) in [4.78, 5) is 12.3. The molecule has 98 valence electrons. The lowest BCUT2D eigenvalue weighted by Crippen LogP contribution is -2.08. The first-order chi connectivity index (χ1) is 8.99. The van der Waals surface area contributed by atoms with E-state index >= 15 is 0 Å². The zero-order valence-corrected chi connectivity index (χ0v) is 11.9. The van der Waals surface area contributed by atoms with Crippen LogP contribution in [0.3, 0.4) is 0 Å². The predicted octanol–water partition coefficient (Wildman–Crippen LogP) is 4.31. The van der Waals surface area contributed by atoms with Crippen molar-refractivity contribution in [2.24, 2.45) is 0 Å². The third-order valence-corrected chi connectivity index (χ3v) is 3.62. The highest BCUT2D eigenvalue weighted by Gasteiger charge is 2.14. The maximum atomic E-state index is 12.3. The third kappa shape index (κ3) is 3.09. The van der Waals surface area contributed by atoms with Crippen LogP contribution in [0.2, 0.25) is 10.0 Å². The number of nitrogens with two attached hydrogens (primary N) is 1. The van der Waals surface area contributed by atoms with Crippen molar-refractivity contribution in [3.8, 4) is 0 Å². The molecular formula is C15H13Cl2NO. The molecule has 0 aliphatic rings. The van der Waals surface area contributed by atoms with Crippen LogP contribution in [0.1, 0.15) is 21.5 Å². The van der Waals surface area contributed by atoms with Gasteiger partial charge in [-0.15, -0.1) is 0 Å². The lowest BCUT2D eigenvalue weighted by atomic mass is 10.00. The molecule has 2 aromatic carbocycles. The highest BCUT2D eigenvalue weighted by Crippen LogP contribution is 2.26. The van der Waals surface area contributed by atoms with Crippen molar-refractivity contribution in [1.82, 2.24) is 0 Å². The Labute approximate surface area is 122 Å². The van der Waals surface area contributed by atoms with E-state index in [4.69, 9.17) is 28.9 Å². The van der Waals surface area contributed by atoms with Gasteiger partial charge < -0.3 is 5.73 Å². The van der Waals surface area contributed by atoms with Crippen LogP contribution in [0.25, 0.3) is 0 Å². The average Bonchev–Trinajstić information content (AvgIpc) is 2.37. The van der Waals surface area contributed by atoms with E-state index < -0.39 is 0 Å². The number of carbonyl (C=O) groups is 1. The molecule has 2 aromatic rings. The van der Waals surface area contributed by atoms with Gasteiger partial charge in [-0.05, 0) is 36.8 Å². The fourth-order valence-electron chi connectivity index (χ4n) is 1.87. The van der Waals surface area contributed by atoms with Crippen molar-refractivity contribution in [3.05, 3.63) is 63.1 Å². The molecule has 2 rings (SSSR count). The summed E-state index contributed by atoms with van der Waals surface area (Å²) in [6.45, 7) is 1.92. The second-order valence-electron chi connectivity index (χ2n) is 4.39. The minimum Gasteiger partial charge on any atom is -0.398 e. The van der Waals surface area contributed by atoms with E-state index in [1.165, 1.54) is 0 Å². The van der Waals surface area contributed by atoms with E-state index in [9.17, 15) is 4.79 Å². The fraction of sp³-hybridized carbons (Fsp3) is 0.133. The number of ketones is 1. The Morgan fingerprint density at radius 1 is 1.16 bits per heavy atom. The zero-order valence-electron chi connectivity index (χ0n) is 10.4. The van der Waals surface area contributed by atoms with Gasteiger partial charge in [0.05, 0.1) is 0 Å². The molecule has 0 saturated carbocycles. The van der Waals surface area contributed by atoms with Crippen molar-refractivity contribution < 1.29 is 4.79 Å². The highest BCUT2D eigenvalue weighted by molar-refractivity contribution is 6.36. The van der Waals surface area contributed by atoms with E-state index in [1.54, 1.807) is 30.3 Å². The Morgan fingerprint density at radius 3 is 2.42 bits per heavy atom. The molecule has 0 bridgehead atoms. The van der Waals surface area contributed by atoms with Gasteiger partial charge in [0, 0.05) is 27.7 Å². The van der Waals surface area contributed by atoms with Crippen LogP contribution in [0, 0.1) is 6.92 Å². The Balaban J connectivity index is 2.34. The van der Waals surface area contributed by atoms with Crippen LogP contribution < -0.4 is 5.73 Å². The monoisotopic (exact) mass is 293 g/mol. The number of benzene rings is 2. The van der Waals surface area contributed by atoms with Gasteiger partial charge in [-0.25, -0.2) is 0 Å². The third-order valence-electron chi connectivity index (χ3n) is 2.91. The van der Waals surface area contributed by atoms with Crippen LogP contribution in [0.5, 0.6) is 0 Å². The van der Waals surface area contributed by atoms with Crippen LogP contribution in [-0.2, 0) is 6.42 Å². The Kier molecular flexibility index (Phi) is 4.13. The van der Waals surface area contributed by atoms with Crippen LogP contribution in [0.4, 0.5) is 5.69 Å². The van der Waals surface area contributed by atoms with Crippen LogP contribution >= 0.6 is 23.2 Å². The maximum absolute atomic E-state index is 12.3. The van der Waals surface area contributed by atoms with E-state index in [2.05, 4.69) is 0 Å². The van der Waals surface area contributed by atoms with Gasteiger partial charge >= 0.3 is 0 Å². The van der Waals surface area contributed by atoms with E-state index in [0.717, 1.165) is 5.56 Å².